The number of ether oxygens (including phenoxy) is 2. The van der Waals surface area contributed by atoms with Crippen LogP contribution in [0.3, 0.4) is 0 Å². The number of rotatable bonds is 10. The van der Waals surface area contributed by atoms with Gasteiger partial charge in [-0.3, -0.25) is 28.9 Å². The minimum absolute atomic E-state index is 0.110. The van der Waals surface area contributed by atoms with Crippen molar-refractivity contribution in [3.63, 3.8) is 0 Å². The Balaban J connectivity index is 1.56. The third-order valence-electron chi connectivity index (χ3n) is 3.41. The number of carbonyl (C=O) groups excluding carboxylic acids is 6. The summed E-state index contributed by atoms with van der Waals surface area (Å²) >= 11 is 0. The highest BCUT2D eigenvalue weighted by Gasteiger charge is 2.34. The van der Waals surface area contributed by atoms with Crippen LogP contribution in [0.15, 0.2) is 0 Å². The van der Waals surface area contributed by atoms with Gasteiger partial charge in [-0.15, -0.1) is 0 Å². The summed E-state index contributed by atoms with van der Waals surface area (Å²) in [6, 6.07) is 0. The van der Waals surface area contributed by atoms with Crippen LogP contribution >= 0.6 is 0 Å². The molecule has 0 aromatic carbocycles. The van der Waals surface area contributed by atoms with Gasteiger partial charge in [0.25, 0.3) is 23.6 Å². The number of nitrogens with zero attached hydrogens (tertiary/aromatic N) is 2. The van der Waals surface area contributed by atoms with E-state index in [1.165, 1.54) is 0 Å². The fraction of sp³-hybridized carbons (Fsp3) is 0.571. The smallest absolute Gasteiger partial charge is 0.430 e. The van der Waals surface area contributed by atoms with Gasteiger partial charge in [0.05, 0.1) is 0 Å². The molecular formula is C14H16N2O14S. The molecule has 0 aromatic rings. The third kappa shape index (κ3) is 7.46. The van der Waals surface area contributed by atoms with Gasteiger partial charge in [-0.05, 0) is 0 Å². The number of amides is 4. The number of imide groups is 2. The molecule has 2 saturated heterocycles. The molecule has 0 bridgehead atoms. The largest absolute Gasteiger partial charge is 0.534 e. The number of carbonyl (C=O) groups is 6. The molecule has 0 spiro atoms. The van der Waals surface area contributed by atoms with E-state index in [1.807, 2.05) is 0 Å². The highest BCUT2D eigenvalue weighted by molar-refractivity contribution is 7.81. The lowest BCUT2D eigenvalue weighted by Crippen LogP contribution is -2.33. The van der Waals surface area contributed by atoms with Crippen LogP contribution in [0.4, 0.5) is 9.59 Å². The van der Waals surface area contributed by atoms with Gasteiger partial charge in [0, 0.05) is 25.7 Å². The summed E-state index contributed by atoms with van der Waals surface area (Å²) in [5.74, 6) is -2.89. The minimum Gasteiger partial charge on any atom is -0.430 e. The van der Waals surface area contributed by atoms with Gasteiger partial charge in [0.2, 0.25) is 0 Å². The second-order valence-corrected chi connectivity index (χ2v) is 6.88. The Kier molecular flexibility index (Phi) is 8.22. The topological polar surface area (TPSA) is 198 Å². The maximum atomic E-state index is 11.5. The van der Waals surface area contributed by atoms with Gasteiger partial charge in [-0.25, -0.2) is 18.0 Å². The molecule has 0 saturated carbocycles. The van der Waals surface area contributed by atoms with Crippen molar-refractivity contribution in [2.45, 2.75) is 25.7 Å². The molecular weight excluding hydrogens is 452 g/mol. The molecule has 4 amide bonds. The van der Waals surface area contributed by atoms with Crippen molar-refractivity contribution in [1.29, 1.82) is 0 Å². The lowest BCUT2D eigenvalue weighted by molar-refractivity contribution is -0.177. The normalized spacial score (nSPS) is 16.6. The van der Waals surface area contributed by atoms with E-state index in [1.54, 1.807) is 0 Å². The Morgan fingerprint density at radius 3 is 1.29 bits per heavy atom. The predicted octanol–water partition coefficient (Wildman–Crippen LogP) is -1.30. The molecule has 17 heteroatoms. The first-order valence-corrected chi connectivity index (χ1v) is 9.87. The van der Waals surface area contributed by atoms with Gasteiger partial charge >= 0.3 is 22.7 Å². The Morgan fingerprint density at radius 1 is 0.645 bits per heavy atom. The van der Waals surface area contributed by atoms with Crippen LogP contribution in [0, 0.1) is 0 Å². The molecule has 2 fully saturated rings. The number of hydrogen-bond acceptors (Lipinski definition) is 14. The lowest BCUT2D eigenvalue weighted by atomic mass is 10.4. The quantitative estimate of drug-likeness (QED) is 0.208. The van der Waals surface area contributed by atoms with Crippen LogP contribution in [-0.2, 0) is 57.1 Å². The van der Waals surface area contributed by atoms with Crippen molar-refractivity contribution in [3.05, 3.63) is 0 Å². The number of hydroxylamine groups is 4. The van der Waals surface area contributed by atoms with Gasteiger partial charge in [0.1, 0.15) is 26.4 Å². The molecule has 0 aromatic heterocycles. The summed E-state index contributed by atoms with van der Waals surface area (Å²) < 4.78 is 40.5. The fourth-order valence-electron chi connectivity index (χ4n) is 2.07. The first-order valence-electron chi connectivity index (χ1n) is 8.54. The van der Waals surface area contributed by atoms with Crippen molar-refractivity contribution in [2.24, 2.45) is 0 Å². The molecule has 2 aliphatic heterocycles. The standard InChI is InChI=1S/C14H16N2O14S/c17-9-1-2-10(18)15(9)29-13(21)25-5-7-27-31(23,24)28-8-6-26-14(22)30-16-11(19)3-4-12(16)20/h1-8H2. The maximum Gasteiger partial charge on any atom is 0.534 e. The molecule has 2 aliphatic rings. The highest BCUT2D eigenvalue weighted by atomic mass is 32.3. The van der Waals surface area contributed by atoms with E-state index in [2.05, 4.69) is 27.5 Å². The summed E-state index contributed by atoms with van der Waals surface area (Å²) in [7, 11) is -4.56. The van der Waals surface area contributed by atoms with E-state index in [9.17, 15) is 37.2 Å². The first-order chi connectivity index (χ1) is 14.6. The minimum atomic E-state index is -4.56. The Bertz CT molecular complexity index is 772. The maximum absolute atomic E-state index is 11.5. The van der Waals surface area contributed by atoms with Gasteiger partial charge < -0.3 is 9.47 Å². The highest BCUT2D eigenvalue weighted by Crippen LogP contribution is 2.13. The predicted molar refractivity (Wildman–Crippen MR) is 87.9 cm³/mol. The third-order valence-corrected chi connectivity index (χ3v) is 4.32. The summed E-state index contributed by atoms with van der Waals surface area (Å²) in [6.07, 6.45) is -3.29. The molecule has 0 unspecified atom stereocenters. The van der Waals surface area contributed by atoms with Crippen LogP contribution in [0.2, 0.25) is 0 Å². The molecule has 2 rings (SSSR count). The van der Waals surface area contributed by atoms with Crippen LogP contribution in [-0.4, -0.2) is 80.9 Å². The summed E-state index contributed by atoms with van der Waals surface area (Å²) in [5.41, 5.74) is 0. The molecule has 0 atom stereocenters. The molecule has 2 heterocycles. The van der Waals surface area contributed by atoms with Crippen LogP contribution < -0.4 is 0 Å². The Labute approximate surface area is 174 Å². The van der Waals surface area contributed by atoms with Crippen LogP contribution in [0.5, 0.6) is 0 Å². The number of hydrogen-bond donors (Lipinski definition) is 0. The fourth-order valence-corrected chi connectivity index (χ4v) is 2.69. The second kappa shape index (κ2) is 10.6. The molecule has 16 nitrogen and oxygen atoms in total. The SMILES string of the molecule is O=C(OCCOS(=O)(=O)OCCOC(=O)ON1C(=O)CCC1=O)ON1C(=O)CCC1=O. The van der Waals surface area contributed by atoms with E-state index < -0.39 is 72.8 Å². The van der Waals surface area contributed by atoms with Crippen molar-refractivity contribution in [2.75, 3.05) is 26.4 Å². The van der Waals surface area contributed by atoms with Gasteiger partial charge in [0.15, 0.2) is 0 Å². The zero-order chi connectivity index (χ0) is 23.0. The molecule has 0 radical (unpaired) electrons. The van der Waals surface area contributed by atoms with Gasteiger partial charge in [-0.1, -0.05) is 10.1 Å². The summed E-state index contributed by atoms with van der Waals surface area (Å²) in [4.78, 5) is 76.3. The van der Waals surface area contributed by atoms with Crippen molar-refractivity contribution < 1.29 is 64.7 Å². The summed E-state index contributed by atoms with van der Waals surface area (Å²) in [5, 5.41) is 0.479. The van der Waals surface area contributed by atoms with Crippen molar-refractivity contribution in [3.8, 4) is 0 Å². The van der Waals surface area contributed by atoms with E-state index in [0.717, 1.165) is 0 Å². The van der Waals surface area contributed by atoms with Crippen LogP contribution in [0.25, 0.3) is 0 Å². The van der Waals surface area contributed by atoms with E-state index >= 15 is 0 Å². The van der Waals surface area contributed by atoms with Crippen LogP contribution in [0.1, 0.15) is 25.7 Å². The van der Waals surface area contributed by atoms with Gasteiger partial charge in [-0.2, -0.15) is 8.42 Å². The summed E-state index contributed by atoms with van der Waals surface area (Å²) in [6.45, 7) is -2.64. The molecule has 0 N–H and O–H groups in total. The lowest BCUT2D eigenvalue weighted by Gasteiger charge is -2.13. The van der Waals surface area contributed by atoms with E-state index in [0.29, 0.717) is 0 Å². The molecule has 31 heavy (non-hydrogen) atoms. The molecule has 172 valence electrons. The van der Waals surface area contributed by atoms with E-state index in [4.69, 9.17) is 0 Å². The monoisotopic (exact) mass is 468 g/mol. The Morgan fingerprint density at radius 2 is 0.968 bits per heavy atom. The zero-order valence-electron chi connectivity index (χ0n) is 15.7. The average Bonchev–Trinajstić information content (AvgIpc) is 3.19. The zero-order valence-corrected chi connectivity index (χ0v) is 16.5. The molecule has 0 aliphatic carbocycles. The van der Waals surface area contributed by atoms with E-state index in [-0.39, 0.29) is 35.8 Å². The van der Waals surface area contributed by atoms with Crippen molar-refractivity contribution >= 4 is 46.3 Å². The first kappa shape index (κ1) is 24.0. The second-order valence-electron chi connectivity index (χ2n) is 5.60. The van der Waals surface area contributed by atoms with Crippen molar-refractivity contribution in [1.82, 2.24) is 10.1 Å². The average molecular weight is 468 g/mol. The Hall–Kier alpha value is -3.31.